The molecule has 1 rings (SSSR count). The minimum Gasteiger partial charge on any atom is -0.302 e. The first-order valence-electron chi connectivity index (χ1n) is 5.89. The molecule has 0 aliphatic heterocycles. The summed E-state index contributed by atoms with van der Waals surface area (Å²) in [4.78, 5) is 10.8. The van der Waals surface area contributed by atoms with E-state index in [4.69, 9.17) is 0 Å². The van der Waals surface area contributed by atoms with E-state index in [0.717, 1.165) is 6.29 Å². The van der Waals surface area contributed by atoms with Crippen LogP contribution in [0.3, 0.4) is 0 Å². The minimum atomic E-state index is -0.318. The quantitative estimate of drug-likeness (QED) is 0.506. The van der Waals surface area contributed by atoms with Crippen molar-refractivity contribution in [3.8, 4) is 0 Å². The first-order chi connectivity index (χ1) is 6.72. The van der Waals surface area contributed by atoms with Gasteiger partial charge in [-0.3, -0.25) is 0 Å². The van der Waals surface area contributed by atoms with Crippen LogP contribution in [-0.2, 0) is 4.79 Å². The summed E-state index contributed by atoms with van der Waals surface area (Å²) in [5.74, 6) is 0. The van der Waals surface area contributed by atoms with Gasteiger partial charge in [0.25, 0.3) is 0 Å². The van der Waals surface area contributed by atoms with Crippen LogP contribution in [0.4, 0.5) is 0 Å². The second-order valence-electron chi connectivity index (χ2n) is 6.43. The summed E-state index contributed by atoms with van der Waals surface area (Å²) in [6.07, 6.45) is 9.20. The summed E-state index contributed by atoms with van der Waals surface area (Å²) in [6, 6.07) is 0. The van der Waals surface area contributed by atoms with Gasteiger partial charge >= 0.3 is 0 Å². The average molecular weight is 208 g/mol. The Balaban J connectivity index is 2.85. The van der Waals surface area contributed by atoms with Gasteiger partial charge in [-0.2, -0.15) is 0 Å². The van der Waals surface area contributed by atoms with Gasteiger partial charge < -0.3 is 4.79 Å². The fraction of sp³-hybridized carbons (Fsp3) is 0.786. The molecule has 15 heavy (non-hydrogen) atoms. The van der Waals surface area contributed by atoms with E-state index >= 15 is 0 Å². The highest BCUT2D eigenvalue weighted by Crippen LogP contribution is 2.53. The predicted octanol–water partition coefficient (Wildman–Crippen LogP) is 3.98. The van der Waals surface area contributed by atoms with Gasteiger partial charge in [-0.15, -0.1) is 0 Å². The molecular weight excluding hydrogens is 184 g/mol. The minimum absolute atomic E-state index is 0.257. The summed E-state index contributed by atoms with van der Waals surface area (Å²) in [6.45, 7) is 10.9. The van der Waals surface area contributed by atoms with Crippen LogP contribution in [-0.4, -0.2) is 6.29 Å². The standard InChI is InChI=1S/C14H24O/c1-12(2,11-15)9-10-14(5)8-6-7-13(14,3)4/h9-11H,6-8H2,1-5H3. The van der Waals surface area contributed by atoms with E-state index in [1.807, 2.05) is 13.8 Å². The molecule has 0 heterocycles. The molecule has 86 valence electrons. The number of allylic oxidation sites excluding steroid dienone is 2. The summed E-state index contributed by atoms with van der Waals surface area (Å²) < 4.78 is 0. The molecule has 1 atom stereocenters. The predicted molar refractivity (Wildman–Crippen MR) is 64.7 cm³/mol. The molecule has 0 amide bonds. The third-order valence-corrected chi connectivity index (χ3v) is 4.23. The molecule has 0 aromatic heterocycles. The van der Waals surface area contributed by atoms with Crippen LogP contribution < -0.4 is 0 Å². The number of hydrogen-bond donors (Lipinski definition) is 0. The van der Waals surface area contributed by atoms with Gasteiger partial charge in [0.1, 0.15) is 6.29 Å². The maximum atomic E-state index is 10.8. The number of rotatable bonds is 3. The molecule has 1 aliphatic rings. The molecule has 0 saturated heterocycles. The first kappa shape index (κ1) is 12.5. The van der Waals surface area contributed by atoms with Crippen molar-refractivity contribution in [1.82, 2.24) is 0 Å². The Labute approximate surface area is 93.9 Å². The Morgan fingerprint density at radius 2 is 1.73 bits per heavy atom. The van der Waals surface area contributed by atoms with Crippen LogP contribution in [0.2, 0.25) is 0 Å². The third kappa shape index (κ3) is 2.50. The van der Waals surface area contributed by atoms with Crippen LogP contribution in [0.15, 0.2) is 12.2 Å². The molecule has 1 saturated carbocycles. The lowest BCUT2D eigenvalue weighted by atomic mass is 9.68. The lowest BCUT2D eigenvalue weighted by molar-refractivity contribution is -0.112. The smallest absolute Gasteiger partial charge is 0.129 e. The van der Waals surface area contributed by atoms with E-state index in [2.05, 4.69) is 32.9 Å². The van der Waals surface area contributed by atoms with E-state index in [0.29, 0.717) is 5.41 Å². The zero-order chi connectivity index (χ0) is 11.7. The third-order valence-electron chi connectivity index (χ3n) is 4.23. The molecule has 0 spiro atoms. The second kappa shape index (κ2) is 3.77. The van der Waals surface area contributed by atoms with Gasteiger partial charge in [-0.1, -0.05) is 39.3 Å². The fourth-order valence-electron chi connectivity index (χ4n) is 2.27. The van der Waals surface area contributed by atoms with Crippen molar-refractivity contribution in [2.75, 3.05) is 0 Å². The zero-order valence-electron chi connectivity index (χ0n) is 10.8. The molecular formula is C14H24O. The first-order valence-corrected chi connectivity index (χ1v) is 5.89. The normalized spacial score (nSPS) is 31.0. The van der Waals surface area contributed by atoms with Crippen LogP contribution in [0.5, 0.6) is 0 Å². The molecule has 0 radical (unpaired) electrons. The van der Waals surface area contributed by atoms with Crippen molar-refractivity contribution in [2.45, 2.75) is 53.9 Å². The van der Waals surface area contributed by atoms with E-state index in [9.17, 15) is 4.79 Å². The van der Waals surface area contributed by atoms with Crippen LogP contribution in [0.25, 0.3) is 0 Å². The van der Waals surface area contributed by atoms with Crippen molar-refractivity contribution in [3.05, 3.63) is 12.2 Å². The highest BCUT2D eigenvalue weighted by atomic mass is 16.1. The van der Waals surface area contributed by atoms with Gasteiger partial charge in [0.15, 0.2) is 0 Å². The van der Waals surface area contributed by atoms with Crippen molar-refractivity contribution in [1.29, 1.82) is 0 Å². The van der Waals surface area contributed by atoms with E-state index in [1.165, 1.54) is 19.3 Å². The maximum Gasteiger partial charge on any atom is 0.129 e. The van der Waals surface area contributed by atoms with E-state index < -0.39 is 0 Å². The highest BCUT2D eigenvalue weighted by molar-refractivity contribution is 5.61. The highest BCUT2D eigenvalue weighted by Gasteiger charge is 2.43. The van der Waals surface area contributed by atoms with Crippen molar-refractivity contribution in [2.24, 2.45) is 16.2 Å². The van der Waals surface area contributed by atoms with Crippen LogP contribution in [0.1, 0.15) is 53.9 Å². The molecule has 0 N–H and O–H groups in total. The number of hydrogen-bond acceptors (Lipinski definition) is 1. The Morgan fingerprint density at radius 3 is 2.13 bits per heavy atom. The number of carbonyl (C=O) groups excluding carboxylic acids is 1. The van der Waals surface area contributed by atoms with Crippen molar-refractivity contribution < 1.29 is 4.79 Å². The largest absolute Gasteiger partial charge is 0.302 e. The van der Waals surface area contributed by atoms with Crippen LogP contribution >= 0.6 is 0 Å². The Morgan fingerprint density at radius 1 is 1.13 bits per heavy atom. The molecule has 1 aliphatic carbocycles. The Bertz CT molecular complexity index is 273. The maximum absolute atomic E-state index is 10.8. The van der Waals surface area contributed by atoms with Gasteiger partial charge in [0.2, 0.25) is 0 Å². The monoisotopic (exact) mass is 208 g/mol. The lowest BCUT2D eigenvalue weighted by Gasteiger charge is -2.36. The molecule has 0 aromatic rings. The van der Waals surface area contributed by atoms with E-state index in [1.54, 1.807) is 0 Å². The SMILES string of the molecule is CC(C)(C=O)C=CC1(C)CCCC1(C)C. The average Bonchev–Trinajstić information content (AvgIpc) is 2.40. The van der Waals surface area contributed by atoms with Gasteiger partial charge in [0.05, 0.1) is 0 Å². The van der Waals surface area contributed by atoms with Crippen molar-refractivity contribution in [3.63, 3.8) is 0 Å². The molecule has 1 unspecified atom stereocenters. The molecule has 0 aromatic carbocycles. The molecule has 1 heteroatoms. The summed E-state index contributed by atoms with van der Waals surface area (Å²) in [7, 11) is 0. The molecule has 1 fully saturated rings. The van der Waals surface area contributed by atoms with E-state index in [-0.39, 0.29) is 10.8 Å². The van der Waals surface area contributed by atoms with Gasteiger partial charge in [-0.05, 0) is 37.5 Å². The second-order valence-corrected chi connectivity index (χ2v) is 6.43. The molecule has 0 bridgehead atoms. The van der Waals surface area contributed by atoms with Gasteiger partial charge in [-0.25, -0.2) is 0 Å². The van der Waals surface area contributed by atoms with Crippen molar-refractivity contribution >= 4 is 6.29 Å². The topological polar surface area (TPSA) is 17.1 Å². The summed E-state index contributed by atoms with van der Waals surface area (Å²) in [5, 5.41) is 0. The Kier molecular flexibility index (Phi) is 3.14. The van der Waals surface area contributed by atoms with Crippen LogP contribution in [0, 0.1) is 16.2 Å². The lowest BCUT2D eigenvalue weighted by Crippen LogP contribution is -2.28. The summed E-state index contributed by atoms with van der Waals surface area (Å²) >= 11 is 0. The number of aldehydes is 1. The summed E-state index contributed by atoms with van der Waals surface area (Å²) in [5.41, 5.74) is 0.303. The zero-order valence-corrected chi connectivity index (χ0v) is 10.8. The molecule has 1 nitrogen and oxygen atoms in total. The number of carbonyl (C=O) groups is 1. The fourth-order valence-corrected chi connectivity index (χ4v) is 2.27. The van der Waals surface area contributed by atoms with Gasteiger partial charge in [0, 0.05) is 5.41 Å². The Hall–Kier alpha value is -0.590.